The zero-order chi connectivity index (χ0) is 15.2. The second-order valence-electron chi connectivity index (χ2n) is 4.95. The monoisotopic (exact) mass is 303 g/mol. The number of carbonyl (C=O) groups excluding carboxylic acids is 1. The number of likely N-dealkylation sites (N-methyl/N-ethyl adjacent to an activating group) is 1. The summed E-state index contributed by atoms with van der Waals surface area (Å²) < 4.78 is 5.09. The number of methoxy groups -OCH3 is 1. The fraction of sp³-hybridized carbons (Fsp3) is 0.235. The van der Waals surface area contributed by atoms with Gasteiger partial charge in [0.25, 0.3) is 0 Å². The quantitative estimate of drug-likeness (QED) is 0.763. The summed E-state index contributed by atoms with van der Waals surface area (Å²) in [5, 5.41) is 0.711. The Morgan fingerprint density at radius 1 is 1.19 bits per heavy atom. The molecule has 0 saturated heterocycles. The third-order valence-corrected chi connectivity index (χ3v) is 3.40. The molecule has 0 aliphatic heterocycles. The van der Waals surface area contributed by atoms with E-state index in [9.17, 15) is 4.79 Å². The van der Waals surface area contributed by atoms with Gasteiger partial charge in [-0.2, -0.15) is 0 Å². The fourth-order valence-corrected chi connectivity index (χ4v) is 2.33. The van der Waals surface area contributed by atoms with Gasteiger partial charge >= 0.3 is 0 Å². The average molecular weight is 304 g/mol. The van der Waals surface area contributed by atoms with Gasteiger partial charge < -0.3 is 4.74 Å². The molecule has 0 fully saturated rings. The Morgan fingerprint density at radius 2 is 1.90 bits per heavy atom. The molecule has 21 heavy (non-hydrogen) atoms. The lowest BCUT2D eigenvalue weighted by Gasteiger charge is -2.16. The van der Waals surface area contributed by atoms with E-state index in [4.69, 9.17) is 16.3 Å². The van der Waals surface area contributed by atoms with E-state index < -0.39 is 0 Å². The molecule has 0 unspecified atom stereocenters. The third kappa shape index (κ3) is 4.59. The highest BCUT2D eigenvalue weighted by Gasteiger charge is 2.10. The topological polar surface area (TPSA) is 29.5 Å². The summed E-state index contributed by atoms with van der Waals surface area (Å²) in [5.74, 6) is 0.834. The zero-order valence-electron chi connectivity index (χ0n) is 12.2. The van der Waals surface area contributed by atoms with Gasteiger partial charge in [-0.15, -0.1) is 0 Å². The van der Waals surface area contributed by atoms with Gasteiger partial charge in [-0.1, -0.05) is 23.7 Å². The Labute approximate surface area is 130 Å². The molecule has 2 aromatic rings. The van der Waals surface area contributed by atoms with Gasteiger partial charge in [0.1, 0.15) is 5.75 Å². The van der Waals surface area contributed by atoms with Crippen molar-refractivity contribution in [3.8, 4) is 5.75 Å². The van der Waals surface area contributed by atoms with Gasteiger partial charge in [0.15, 0.2) is 5.78 Å². The largest absolute Gasteiger partial charge is 0.497 e. The van der Waals surface area contributed by atoms with Crippen LogP contribution in [0, 0.1) is 0 Å². The van der Waals surface area contributed by atoms with E-state index in [2.05, 4.69) is 0 Å². The van der Waals surface area contributed by atoms with Crippen LogP contribution >= 0.6 is 11.6 Å². The molecule has 2 aromatic carbocycles. The van der Waals surface area contributed by atoms with E-state index in [1.807, 2.05) is 36.2 Å². The number of ketones is 1. The van der Waals surface area contributed by atoms with Gasteiger partial charge in [-0.25, -0.2) is 0 Å². The fourth-order valence-electron chi connectivity index (χ4n) is 2.12. The first-order chi connectivity index (χ1) is 10.1. The van der Waals surface area contributed by atoms with E-state index in [1.165, 1.54) is 0 Å². The lowest BCUT2D eigenvalue weighted by atomic mass is 10.1. The lowest BCUT2D eigenvalue weighted by Crippen LogP contribution is -2.25. The molecule has 0 amide bonds. The SMILES string of the molecule is COc1ccc(C(=O)CN(C)Cc2cccc(Cl)c2)cc1. The number of hydrogen-bond acceptors (Lipinski definition) is 3. The van der Waals surface area contributed by atoms with Crippen LogP contribution in [0.5, 0.6) is 5.75 Å². The van der Waals surface area contributed by atoms with Crippen molar-refractivity contribution in [2.75, 3.05) is 20.7 Å². The number of benzene rings is 2. The highest BCUT2D eigenvalue weighted by Crippen LogP contribution is 2.14. The van der Waals surface area contributed by atoms with Crippen LogP contribution in [0.3, 0.4) is 0 Å². The van der Waals surface area contributed by atoms with Crippen molar-refractivity contribution < 1.29 is 9.53 Å². The maximum absolute atomic E-state index is 12.2. The Balaban J connectivity index is 1.95. The zero-order valence-corrected chi connectivity index (χ0v) is 12.9. The van der Waals surface area contributed by atoms with Crippen molar-refractivity contribution in [3.63, 3.8) is 0 Å². The van der Waals surface area contributed by atoms with Crippen LogP contribution in [0.4, 0.5) is 0 Å². The summed E-state index contributed by atoms with van der Waals surface area (Å²) in [7, 11) is 3.53. The molecule has 2 rings (SSSR count). The molecule has 0 aromatic heterocycles. The molecule has 0 spiro atoms. The Bertz CT molecular complexity index is 610. The Kier molecular flexibility index (Phi) is 5.37. The molecule has 0 bridgehead atoms. The molecule has 110 valence electrons. The van der Waals surface area contributed by atoms with Crippen LogP contribution in [0.25, 0.3) is 0 Å². The van der Waals surface area contributed by atoms with Crippen molar-refractivity contribution in [1.29, 1.82) is 0 Å². The van der Waals surface area contributed by atoms with E-state index in [-0.39, 0.29) is 5.78 Å². The average Bonchev–Trinajstić information content (AvgIpc) is 2.47. The molecule has 4 heteroatoms. The van der Waals surface area contributed by atoms with Crippen LogP contribution in [0.2, 0.25) is 5.02 Å². The highest BCUT2D eigenvalue weighted by molar-refractivity contribution is 6.30. The summed E-state index contributed by atoms with van der Waals surface area (Å²) in [6.07, 6.45) is 0. The first kappa shape index (κ1) is 15.5. The highest BCUT2D eigenvalue weighted by atomic mass is 35.5. The van der Waals surface area contributed by atoms with Crippen LogP contribution in [-0.2, 0) is 6.54 Å². The molecule has 3 nitrogen and oxygen atoms in total. The second-order valence-corrected chi connectivity index (χ2v) is 5.39. The molecular weight excluding hydrogens is 286 g/mol. The van der Waals surface area contributed by atoms with Gasteiger partial charge in [-0.05, 0) is 49.0 Å². The summed E-state index contributed by atoms with van der Waals surface area (Å²) in [5.41, 5.74) is 1.78. The first-order valence-electron chi connectivity index (χ1n) is 6.68. The molecule has 0 aliphatic rings. The van der Waals surface area contributed by atoms with E-state index in [0.717, 1.165) is 11.3 Å². The van der Waals surface area contributed by atoms with Crippen molar-refractivity contribution in [2.24, 2.45) is 0 Å². The number of ether oxygens (including phenoxy) is 1. The molecular formula is C17H18ClNO2. The minimum absolute atomic E-state index is 0.0854. The van der Waals surface area contributed by atoms with Crippen molar-refractivity contribution in [3.05, 3.63) is 64.7 Å². The molecule has 0 radical (unpaired) electrons. The van der Waals surface area contributed by atoms with Gasteiger partial charge in [0, 0.05) is 17.1 Å². The minimum atomic E-state index is 0.0854. The maximum atomic E-state index is 12.2. The second kappa shape index (κ2) is 7.25. The molecule has 0 atom stereocenters. The summed E-state index contributed by atoms with van der Waals surface area (Å²) in [6.45, 7) is 1.04. The predicted octanol–water partition coefficient (Wildman–Crippen LogP) is 3.66. The standard InChI is InChI=1S/C17H18ClNO2/c1-19(11-13-4-3-5-15(18)10-13)12-17(20)14-6-8-16(21-2)9-7-14/h3-10H,11-12H2,1-2H3. The number of rotatable bonds is 6. The van der Waals surface area contributed by atoms with Crippen molar-refractivity contribution in [1.82, 2.24) is 4.90 Å². The number of halogens is 1. The first-order valence-corrected chi connectivity index (χ1v) is 7.06. The third-order valence-electron chi connectivity index (χ3n) is 3.17. The smallest absolute Gasteiger partial charge is 0.176 e. The molecule has 0 heterocycles. The number of hydrogen-bond donors (Lipinski definition) is 0. The van der Waals surface area contributed by atoms with Crippen LogP contribution in [0.1, 0.15) is 15.9 Å². The number of carbonyl (C=O) groups is 1. The van der Waals surface area contributed by atoms with Gasteiger partial charge in [-0.3, -0.25) is 9.69 Å². The number of nitrogens with zero attached hydrogens (tertiary/aromatic N) is 1. The normalized spacial score (nSPS) is 10.7. The summed E-state index contributed by atoms with van der Waals surface area (Å²) in [4.78, 5) is 14.2. The van der Waals surface area contributed by atoms with E-state index >= 15 is 0 Å². The van der Waals surface area contributed by atoms with E-state index in [0.29, 0.717) is 23.7 Å². The van der Waals surface area contributed by atoms with Crippen LogP contribution in [0.15, 0.2) is 48.5 Å². The minimum Gasteiger partial charge on any atom is -0.497 e. The predicted molar refractivity (Wildman–Crippen MR) is 85.1 cm³/mol. The Morgan fingerprint density at radius 3 is 2.52 bits per heavy atom. The maximum Gasteiger partial charge on any atom is 0.176 e. The van der Waals surface area contributed by atoms with Crippen molar-refractivity contribution in [2.45, 2.75) is 6.54 Å². The van der Waals surface area contributed by atoms with Gasteiger partial charge in [0.05, 0.1) is 13.7 Å². The van der Waals surface area contributed by atoms with Crippen LogP contribution < -0.4 is 4.74 Å². The van der Waals surface area contributed by atoms with Crippen molar-refractivity contribution >= 4 is 17.4 Å². The van der Waals surface area contributed by atoms with E-state index in [1.54, 1.807) is 31.4 Å². The van der Waals surface area contributed by atoms with Crippen LogP contribution in [-0.4, -0.2) is 31.4 Å². The van der Waals surface area contributed by atoms with Gasteiger partial charge in [0.2, 0.25) is 0 Å². The molecule has 0 aliphatic carbocycles. The Hall–Kier alpha value is -1.84. The molecule has 0 N–H and O–H groups in total. The number of Topliss-reactive ketones (excluding diaryl/α,β-unsaturated/α-hetero) is 1. The summed E-state index contributed by atoms with van der Waals surface area (Å²) in [6, 6.07) is 14.8. The summed E-state index contributed by atoms with van der Waals surface area (Å²) >= 11 is 5.96. The molecule has 0 saturated carbocycles. The lowest BCUT2D eigenvalue weighted by molar-refractivity contribution is 0.0943.